The number of piperidine rings is 1. The molecule has 2 heterocycles. The summed E-state index contributed by atoms with van der Waals surface area (Å²) in [7, 11) is 0. The van der Waals surface area contributed by atoms with Gasteiger partial charge in [0.25, 0.3) is 0 Å². The van der Waals surface area contributed by atoms with Gasteiger partial charge in [-0.2, -0.15) is 0 Å². The lowest BCUT2D eigenvalue weighted by Gasteiger charge is -2.31. The number of terminal acetylenes is 1. The zero-order chi connectivity index (χ0) is 19.9. The van der Waals surface area contributed by atoms with Gasteiger partial charge in [-0.15, -0.1) is 12.3 Å². The molecule has 0 radical (unpaired) electrons. The van der Waals surface area contributed by atoms with Crippen LogP contribution in [0.3, 0.4) is 0 Å². The van der Waals surface area contributed by atoms with E-state index in [-0.39, 0.29) is 29.6 Å². The summed E-state index contributed by atoms with van der Waals surface area (Å²) in [6.45, 7) is 9.62. The van der Waals surface area contributed by atoms with Crippen LogP contribution >= 0.6 is 0 Å². The number of hydrogen-bond acceptors (Lipinski definition) is 3. The Morgan fingerprint density at radius 3 is 2.31 bits per heavy atom. The van der Waals surface area contributed by atoms with Gasteiger partial charge in [-0.25, -0.2) is 0 Å². The summed E-state index contributed by atoms with van der Waals surface area (Å²) in [5.74, 6) is 1.69. The van der Waals surface area contributed by atoms with Crippen LogP contribution in [0.4, 0.5) is 0 Å². The minimum atomic E-state index is -0.553. The van der Waals surface area contributed by atoms with Crippen molar-refractivity contribution >= 4 is 17.7 Å². The Morgan fingerprint density at radius 1 is 1.31 bits per heavy atom. The smallest absolute Gasteiger partial charge is 0.249 e. The molecule has 3 amide bonds. The Hall–Kier alpha value is -2.35. The molecule has 2 fully saturated rings. The molecule has 5 heteroatoms. The fourth-order valence-corrected chi connectivity index (χ4v) is 3.60. The van der Waals surface area contributed by atoms with Crippen molar-refractivity contribution < 1.29 is 14.4 Å². The highest BCUT2D eigenvalue weighted by molar-refractivity contribution is 6.04. The highest BCUT2D eigenvalue weighted by Gasteiger charge is 2.61. The van der Waals surface area contributed by atoms with Crippen molar-refractivity contribution in [1.82, 2.24) is 10.2 Å². The van der Waals surface area contributed by atoms with E-state index in [1.54, 1.807) is 11.8 Å². The number of rotatable bonds is 3. The zero-order valence-corrected chi connectivity index (χ0v) is 16.5. The third-order valence-electron chi connectivity index (χ3n) is 4.72. The van der Waals surface area contributed by atoms with Gasteiger partial charge >= 0.3 is 0 Å². The van der Waals surface area contributed by atoms with E-state index in [4.69, 9.17) is 0 Å². The Balaban J connectivity index is 0.000000615. The third kappa shape index (κ3) is 3.90. The summed E-state index contributed by atoms with van der Waals surface area (Å²) in [6.07, 6.45) is 11.7. The standard InChI is InChI=1S/C16H20N2O3.C3H4.C2H6/c1-3-5-11-10(4-2)16(8-9-16)15(21)18(11)12-6-7-13(19)17-14(12)20;1-3-2;1-2/h3,5,12H,4,6-9H2,1-2H3,(H,17,19,20);1H,2H3;1-2H3/b5-3-;;. The molecule has 1 atom stereocenters. The molecule has 3 aliphatic rings. The molecule has 3 rings (SSSR count). The van der Waals surface area contributed by atoms with E-state index >= 15 is 0 Å². The fourth-order valence-electron chi connectivity index (χ4n) is 3.60. The van der Waals surface area contributed by atoms with Crippen molar-refractivity contribution in [1.29, 1.82) is 0 Å². The van der Waals surface area contributed by atoms with Crippen LogP contribution in [0.15, 0.2) is 23.4 Å². The molecule has 1 unspecified atom stereocenters. The SMILES string of the molecule is C#CC.C/C=C\C1=C(CC)C2(CC2)C(=O)N1C1CCC(=O)NC1=O.CC. The monoisotopic (exact) mass is 358 g/mol. The topological polar surface area (TPSA) is 66.5 Å². The van der Waals surface area contributed by atoms with Crippen molar-refractivity contribution in [2.24, 2.45) is 5.41 Å². The molecule has 26 heavy (non-hydrogen) atoms. The highest BCUT2D eigenvalue weighted by atomic mass is 16.2. The Morgan fingerprint density at radius 2 is 1.88 bits per heavy atom. The van der Waals surface area contributed by atoms with Gasteiger partial charge in [0, 0.05) is 12.1 Å². The van der Waals surface area contributed by atoms with Gasteiger partial charge in [-0.3, -0.25) is 24.6 Å². The Kier molecular flexibility index (Phi) is 7.82. The molecule has 1 aliphatic carbocycles. The number of hydrogen-bond donors (Lipinski definition) is 1. The van der Waals surface area contributed by atoms with Crippen LogP contribution in [0.25, 0.3) is 0 Å². The van der Waals surface area contributed by atoms with E-state index in [0.717, 1.165) is 30.5 Å². The van der Waals surface area contributed by atoms with Crippen LogP contribution in [0.2, 0.25) is 0 Å². The van der Waals surface area contributed by atoms with Gasteiger partial charge in [0.15, 0.2) is 0 Å². The van der Waals surface area contributed by atoms with E-state index in [2.05, 4.69) is 24.6 Å². The second-order valence-electron chi connectivity index (χ2n) is 6.23. The van der Waals surface area contributed by atoms with Crippen molar-refractivity contribution in [3.8, 4) is 12.3 Å². The first kappa shape index (κ1) is 21.7. The molecule has 0 aromatic heterocycles. The van der Waals surface area contributed by atoms with Crippen LogP contribution in [0.1, 0.15) is 66.7 Å². The maximum atomic E-state index is 12.9. The highest BCUT2D eigenvalue weighted by Crippen LogP contribution is 2.60. The van der Waals surface area contributed by atoms with Crippen molar-refractivity contribution in [3.63, 3.8) is 0 Å². The Labute approximate surface area is 156 Å². The van der Waals surface area contributed by atoms with Crippen LogP contribution in [-0.4, -0.2) is 28.7 Å². The fraction of sp³-hybridized carbons (Fsp3) is 0.571. The van der Waals surface area contributed by atoms with Crippen LogP contribution < -0.4 is 5.32 Å². The number of allylic oxidation sites excluding steroid dienone is 2. The molecule has 1 spiro atoms. The van der Waals surface area contributed by atoms with E-state index < -0.39 is 6.04 Å². The van der Waals surface area contributed by atoms with Crippen molar-refractivity contribution in [2.45, 2.75) is 72.8 Å². The molecule has 2 aliphatic heterocycles. The quantitative estimate of drug-likeness (QED) is 0.622. The normalized spacial score (nSPS) is 23.2. The third-order valence-corrected chi connectivity index (χ3v) is 4.72. The van der Waals surface area contributed by atoms with Gasteiger partial charge in [0.2, 0.25) is 17.7 Å². The minimum absolute atomic E-state index is 0.0435. The van der Waals surface area contributed by atoms with Gasteiger partial charge in [0.1, 0.15) is 6.04 Å². The number of amides is 3. The van der Waals surface area contributed by atoms with E-state index in [0.29, 0.717) is 6.42 Å². The lowest BCUT2D eigenvalue weighted by molar-refractivity contribution is -0.144. The second-order valence-corrected chi connectivity index (χ2v) is 6.23. The summed E-state index contributed by atoms with van der Waals surface area (Å²) in [5.41, 5.74) is 1.66. The summed E-state index contributed by atoms with van der Waals surface area (Å²) >= 11 is 0. The lowest BCUT2D eigenvalue weighted by Crippen LogP contribution is -2.53. The molecule has 1 N–H and O–H groups in total. The van der Waals surface area contributed by atoms with Gasteiger partial charge in [0.05, 0.1) is 5.41 Å². The number of carbonyl (C=O) groups is 3. The minimum Gasteiger partial charge on any atom is -0.299 e. The van der Waals surface area contributed by atoms with Crippen LogP contribution in [-0.2, 0) is 14.4 Å². The molecule has 0 aromatic carbocycles. The van der Waals surface area contributed by atoms with Crippen LogP contribution in [0.5, 0.6) is 0 Å². The first-order valence-electron chi connectivity index (χ1n) is 9.37. The molecule has 1 saturated carbocycles. The first-order chi connectivity index (χ1) is 12.5. The summed E-state index contributed by atoms with van der Waals surface area (Å²) in [5, 5.41) is 2.35. The summed E-state index contributed by atoms with van der Waals surface area (Å²) in [4.78, 5) is 38.0. The predicted molar refractivity (Wildman–Crippen MR) is 103 cm³/mol. The van der Waals surface area contributed by atoms with E-state index in [9.17, 15) is 14.4 Å². The maximum Gasteiger partial charge on any atom is 0.249 e. The molecular formula is C21H30N2O3. The zero-order valence-electron chi connectivity index (χ0n) is 16.5. The molecule has 5 nitrogen and oxygen atoms in total. The van der Waals surface area contributed by atoms with Crippen molar-refractivity contribution in [3.05, 3.63) is 23.4 Å². The predicted octanol–water partition coefficient (Wildman–Crippen LogP) is 3.32. The molecular weight excluding hydrogens is 328 g/mol. The average Bonchev–Trinajstić information content (AvgIpc) is 3.37. The molecule has 142 valence electrons. The van der Waals surface area contributed by atoms with Gasteiger partial charge in [-0.1, -0.05) is 26.8 Å². The number of nitrogens with one attached hydrogen (secondary N) is 1. The number of nitrogens with zero attached hydrogens (tertiary/aromatic N) is 1. The number of imide groups is 1. The first-order valence-corrected chi connectivity index (χ1v) is 9.37. The summed E-state index contributed by atoms with van der Waals surface area (Å²) in [6, 6.07) is -0.553. The van der Waals surface area contributed by atoms with E-state index in [1.807, 2.05) is 32.9 Å². The molecule has 1 saturated heterocycles. The number of carbonyl (C=O) groups excluding carboxylic acids is 3. The van der Waals surface area contributed by atoms with Gasteiger partial charge in [-0.05, 0) is 51.2 Å². The molecule has 0 aromatic rings. The average molecular weight is 358 g/mol. The largest absolute Gasteiger partial charge is 0.299 e. The summed E-state index contributed by atoms with van der Waals surface area (Å²) < 4.78 is 0. The van der Waals surface area contributed by atoms with Crippen molar-refractivity contribution in [2.75, 3.05) is 0 Å². The van der Waals surface area contributed by atoms with Crippen LogP contribution in [0, 0.1) is 17.8 Å². The maximum absolute atomic E-state index is 12.9. The lowest BCUT2D eigenvalue weighted by atomic mass is 9.94. The Bertz CT molecular complexity index is 663. The van der Waals surface area contributed by atoms with E-state index in [1.165, 1.54) is 0 Å². The van der Waals surface area contributed by atoms with Gasteiger partial charge < -0.3 is 0 Å². The molecule has 0 bridgehead atoms. The second kappa shape index (κ2) is 9.38.